The van der Waals surface area contributed by atoms with Crippen molar-refractivity contribution >= 4 is 5.97 Å². The molecule has 4 aromatic rings. The molecule has 30 heavy (non-hydrogen) atoms. The number of aryl methyl sites for hydroxylation is 1. The highest BCUT2D eigenvalue weighted by atomic mass is 16.5. The lowest BCUT2D eigenvalue weighted by Crippen LogP contribution is -2.07. The van der Waals surface area contributed by atoms with Crippen LogP contribution >= 0.6 is 0 Å². The number of para-hydroxylation sites is 1. The minimum atomic E-state index is -1.07. The van der Waals surface area contributed by atoms with Gasteiger partial charge in [0.1, 0.15) is 22.9 Å². The fourth-order valence-corrected chi connectivity index (χ4v) is 3.30. The number of furan rings is 1. The zero-order valence-electron chi connectivity index (χ0n) is 16.6. The molecule has 0 atom stereocenters. The van der Waals surface area contributed by atoms with Gasteiger partial charge in [-0.3, -0.25) is 4.57 Å². The van der Waals surface area contributed by atoms with Gasteiger partial charge in [0, 0.05) is 5.56 Å². The van der Waals surface area contributed by atoms with Crippen molar-refractivity contribution in [2.24, 2.45) is 0 Å². The Balaban J connectivity index is 2.09. The van der Waals surface area contributed by atoms with Crippen molar-refractivity contribution in [3.63, 3.8) is 0 Å². The average Bonchev–Trinajstić information content (AvgIpc) is 3.38. The molecule has 8 nitrogen and oxygen atoms in total. The van der Waals surface area contributed by atoms with Crippen molar-refractivity contribution < 1.29 is 23.8 Å². The summed E-state index contributed by atoms with van der Waals surface area (Å²) < 4.78 is 18.6. The minimum absolute atomic E-state index is 0.0993. The normalized spacial score (nSPS) is 10.8. The van der Waals surface area contributed by atoms with E-state index in [2.05, 4.69) is 10.2 Å². The van der Waals surface area contributed by atoms with E-state index in [0.29, 0.717) is 45.9 Å². The van der Waals surface area contributed by atoms with Gasteiger partial charge in [0.2, 0.25) is 5.82 Å². The van der Waals surface area contributed by atoms with Crippen molar-refractivity contribution in [3.8, 4) is 40.2 Å². The molecule has 2 heterocycles. The first-order valence-corrected chi connectivity index (χ1v) is 9.11. The summed E-state index contributed by atoms with van der Waals surface area (Å²) in [5, 5.41) is 18.3. The molecular formula is C22H19N3O5. The number of methoxy groups -OCH3 is 2. The van der Waals surface area contributed by atoms with E-state index in [1.54, 1.807) is 61.3 Å². The summed E-state index contributed by atoms with van der Waals surface area (Å²) in [6.07, 6.45) is 0. The number of ether oxygens (including phenoxy) is 2. The van der Waals surface area contributed by atoms with Crippen LogP contribution in [0.5, 0.6) is 11.5 Å². The van der Waals surface area contributed by atoms with Crippen LogP contribution in [0.3, 0.4) is 0 Å². The lowest BCUT2D eigenvalue weighted by molar-refractivity contribution is 0.0697. The van der Waals surface area contributed by atoms with Crippen LogP contribution in [0, 0.1) is 6.92 Å². The van der Waals surface area contributed by atoms with E-state index in [1.165, 1.54) is 6.07 Å². The summed E-state index contributed by atoms with van der Waals surface area (Å²) in [5.74, 6) is 1.84. The first-order chi connectivity index (χ1) is 14.5. The van der Waals surface area contributed by atoms with E-state index in [4.69, 9.17) is 13.9 Å². The number of aromatic carboxylic acids is 1. The minimum Gasteiger partial charge on any atom is -0.494 e. The van der Waals surface area contributed by atoms with Crippen molar-refractivity contribution in [1.29, 1.82) is 0 Å². The van der Waals surface area contributed by atoms with Gasteiger partial charge >= 0.3 is 5.97 Å². The van der Waals surface area contributed by atoms with Crippen LogP contribution in [0.1, 0.15) is 16.1 Å². The molecule has 0 aliphatic carbocycles. The zero-order chi connectivity index (χ0) is 21.3. The molecule has 1 N–H and O–H groups in total. The summed E-state index contributed by atoms with van der Waals surface area (Å²) in [4.78, 5) is 11.8. The molecule has 152 valence electrons. The van der Waals surface area contributed by atoms with Crippen LogP contribution in [0.25, 0.3) is 28.7 Å². The third-order valence-electron chi connectivity index (χ3n) is 4.65. The molecule has 0 fully saturated rings. The number of rotatable bonds is 6. The van der Waals surface area contributed by atoms with Crippen molar-refractivity contribution in [3.05, 3.63) is 65.9 Å². The summed E-state index contributed by atoms with van der Waals surface area (Å²) in [6, 6.07) is 15.6. The van der Waals surface area contributed by atoms with Crippen molar-refractivity contribution in [1.82, 2.24) is 14.8 Å². The SMILES string of the molecule is COc1cccc(OC)c1-n1c(-c2ccc(C)o2)nnc1-c1ccccc1C(=O)O. The van der Waals surface area contributed by atoms with Crippen LogP contribution in [0.4, 0.5) is 0 Å². The molecule has 0 aliphatic heterocycles. The second kappa shape index (κ2) is 7.75. The number of carbonyl (C=O) groups is 1. The highest BCUT2D eigenvalue weighted by Gasteiger charge is 2.26. The number of nitrogens with zero attached hydrogens (tertiary/aromatic N) is 3. The van der Waals surface area contributed by atoms with Gasteiger partial charge < -0.3 is 19.0 Å². The maximum absolute atomic E-state index is 11.8. The second-order valence-electron chi connectivity index (χ2n) is 6.45. The zero-order valence-corrected chi connectivity index (χ0v) is 16.6. The Kier molecular flexibility index (Phi) is 4.97. The number of carboxylic acids is 1. The number of benzene rings is 2. The van der Waals surface area contributed by atoms with E-state index in [-0.39, 0.29) is 5.56 Å². The van der Waals surface area contributed by atoms with E-state index in [1.807, 2.05) is 13.0 Å². The topological polar surface area (TPSA) is 99.6 Å². The molecule has 0 saturated heterocycles. The van der Waals surface area contributed by atoms with Gasteiger partial charge in [-0.25, -0.2) is 4.79 Å². The Hall–Kier alpha value is -4.07. The van der Waals surface area contributed by atoms with E-state index in [9.17, 15) is 9.90 Å². The maximum atomic E-state index is 11.8. The standard InChI is InChI=1S/C22H19N3O5/c1-13-11-12-18(30-13)21-24-23-20(14-7-4-5-8-15(14)22(26)27)25(21)19-16(28-2)9-6-10-17(19)29-3/h4-12H,1-3H3,(H,26,27). The van der Waals surface area contributed by atoms with Gasteiger partial charge in [-0.15, -0.1) is 10.2 Å². The second-order valence-corrected chi connectivity index (χ2v) is 6.45. The van der Waals surface area contributed by atoms with Crippen LogP contribution in [-0.2, 0) is 0 Å². The Morgan fingerprint density at radius 2 is 1.60 bits per heavy atom. The summed E-state index contributed by atoms with van der Waals surface area (Å²) in [6.45, 7) is 1.83. The molecule has 0 saturated carbocycles. The van der Waals surface area contributed by atoms with Crippen LogP contribution in [-0.4, -0.2) is 40.1 Å². The molecule has 2 aromatic carbocycles. The van der Waals surface area contributed by atoms with E-state index >= 15 is 0 Å². The van der Waals surface area contributed by atoms with Crippen molar-refractivity contribution in [2.75, 3.05) is 14.2 Å². The largest absolute Gasteiger partial charge is 0.494 e. The first kappa shape index (κ1) is 19.3. The lowest BCUT2D eigenvalue weighted by Gasteiger charge is -2.17. The van der Waals surface area contributed by atoms with Crippen LogP contribution in [0.15, 0.2) is 59.0 Å². The third-order valence-corrected chi connectivity index (χ3v) is 4.65. The molecule has 0 unspecified atom stereocenters. The monoisotopic (exact) mass is 405 g/mol. The van der Waals surface area contributed by atoms with E-state index in [0.717, 1.165) is 0 Å². The van der Waals surface area contributed by atoms with Crippen molar-refractivity contribution in [2.45, 2.75) is 6.92 Å². The predicted octanol–water partition coefficient (Wildman–Crippen LogP) is 4.22. The number of hydrogen-bond acceptors (Lipinski definition) is 6. The average molecular weight is 405 g/mol. The fourth-order valence-electron chi connectivity index (χ4n) is 3.30. The van der Waals surface area contributed by atoms with Gasteiger partial charge in [0.15, 0.2) is 11.6 Å². The Morgan fingerprint density at radius 3 is 2.20 bits per heavy atom. The smallest absolute Gasteiger partial charge is 0.336 e. The van der Waals surface area contributed by atoms with Crippen LogP contribution < -0.4 is 9.47 Å². The Labute approximate surface area is 172 Å². The molecule has 0 bridgehead atoms. The number of aromatic nitrogens is 3. The fraction of sp³-hybridized carbons (Fsp3) is 0.136. The maximum Gasteiger partial charge on any atom is 0.336 e. The van der Waals surface area contributed by atoms with Crippen LogP contribution in [0.2, 0.25) is 0 Å². The summed E-state index contributed by atoms with van der Waals surface area (Å²) in [7, 11) is 3.09. The van der Waals surface area contributed by atoms with Gasteiger partial charge in [0.25, 0.3) is 0 Å². The molecule has 0 spiro atoms. The molecule has 4 rings (SSSR count). The molecule has 2 aromatic heterocycles. The number of hydrogen-bond donors (Lipinski definition) is 1. The predicted molar refractivity (Wildman–Crippen MR) is 109 cm³/mol. The summed E-state index contributed by atoms with van der Waals surface area (Å²) >= 11 is 0. The Morgan fingerprint density at radius 1 is 0.933 bits per heavy atom. The first-order valence-electron chi connectivity index (χ1n) is 9.11. The lowest BCUT2D eigenvalue weighted by atomic mass is 10.1. The van der Waals surface area contributed by atoms with Gasteiger partial charge in [-0.05, 0) is 37.3 Å². The molecule has 0 radical (unpaired) electrons. The van der Waals surface area contributed by atoms with E-state index < -0.39 is 5.97 Å². The van der Waals surface area contributed by atoms with Gasteiger partial charge in [0.05, 0.1) is 19.8 Å². The summed E-state index contributed by atoms with van der Waals surface area (Å²) in [5.41, 5.74) is 1.04. The molecular weight excluding hydrogens is 386 g/mol. The van der Waals surface area contributed by atoms with Gasteiger partial charge in [-0.2, -0.15) is 0 Å². The highest BCUT2D eigenvalue weighted by Crippen LogP contribution is 2.39. The van der Waals surface area contributed by atoms with Gasteiger partial charge in [-0.1, -0.05) is 24.3 Å². The molecule has 0 aliphatic rings. The molecule has 0 amide bonds. The quantitative estimate of drug-likeness (QED) is 0.513. The Bertz CT molecular complexity index is 1200. The highest BCUT2D eigenvalue weighted by molar-refractivity contribution is 5.95. The third kappa shape index (κ3) is 3.18. The number of carboxylic acid groups (broad SMARTS) is 1. The molecule has 8 heteroatoms.